The number of furan rings is 1. The van der Waals surface area contributed by atoms with Crippen molar-refractivity contribution in [1.29, 1.82) is 0 Å². The molecule has 0 N–H and O–H groups in total. The van der Waals surface area contributed by atoms with Gasteiger partial charge in [-0.3, -0.25) is 0 Å². The summed E-state index contributed by atoms with van der Waals surface area (Å²) >= 11 is 0. The summed E-state index contributed by atoms with van der Waals surface area (Å²) in [6, 6.07) is 102. The molecule has 11 aromatic carbocycles. The molecule has 0 unspecified atom stereocenters. The molecule has 0 bridgehead atoms. The topological polar surface area (TPSA) is 51.8 Å². The van der Waals surface area contributed by atoms with Gasteiger partial charge in [0.15, 0.2) is 25.5 Å². The second kappa shape index (κ2) is 19.2. The van der Waals surface area contributed by atoms with E-state index in [2.05, 4.69) is 237 Å². The van der Waals surface area contributed by atoms with Crippen LogP contribution < -0.4 is 20.7 Å². The molecule has 0 aliphatic rings. The lowest BCUT2D eigenvalue weighted by atomic mass is 9.84. The highest BCUT2D eigenvalue weighted by atomic mass is 28.3. The number of hydrogen-bond acceptors (Lipinski definition) is 4. The second-order valence-electron chi connectivity index (χ2n) is 18.6. The SMILES string of the molecule is c1ccc(-c2cc(-c3cccc(-c4nc(-c5ccccc5)nc(-c5cccc6oc7ccccc7c56)n4)c3)c(-c3ccccc3)c(-c3cccc([Si](c4ccccc4)(c4ccccc4)c4ccccc4)c3)c2)cc1. The highest BCUT2D eigenvalue weighted by molar-refractivity contribution is 7.19. The van der Waals surface area contributed by atoms with Crippen LogP contribution in [0.25, 0.3) is 101 Å². The maximum atomic E-state index is 6.35. The molecule has 2 aromatic heterocycles. The molecule has 0 aliphatic heterocycles. The van der Waals surface area contributed by atoms with E-state index in [4.69, 9.17) is 19.4 Å². The lowest BCUT2D eigenvalue weighted by Gasteiger charge is -2.34. The van der Waals surface area contributed by atoms with Crippen LogP contribution in [0.2, 0.25) is 0 Å². The van der Waals surface area contributed by atoms with Gasteiger partial charge >= 0.3 is 0 Å². The zero-order chi connectivity index (χ0) is 49.3. The van der Waals surface area contributed by atoms with Crippen LogP contribution in [0.1, 0.15) is 0 Å². The molecule has 13 rings (SSSR count). The highest BCUT2D eigenvalue weighted by Crippen LogP contribution is 2.44. The van der Waals surface area contributed by atoms with Crippen LogP contribution in [0.3, 0.4) is 0 Å². The molecule has 2 heterocycles. The van der Waals surface area contributed by atoms with E-state index in [-0.39, 0.29) is 0 Å². The summed E-state index contributed by atoms with van der Waals surface area (Å²) in [5.74, 6) is 1.76. The molecule has 0 fully saturated rings. The average molecular weight is 962 g/mol. The standard InChI is InChI=1S/C69H47N3OSi/c1-7-24-48(25-8-1)54-46-61(51-30-21-32-53(44-51)68-70-67(50-28-11-3-12-29-50)71-69(72-68)60-41-23-43-64-66(60)59-40-19-20-42-63(59)73-64)65(49-26-9-2-10-27-49)62(47-54)52-31-22-39-58(45-52)74(55-33-13-4-14-34-55,56-35-15-5-16-36-56)57-37-17-6-18-38-57/h1-47H. The zero-order valence-corrected chi connectivity index (χ0v) is 41.4. The lowest BCUT2D eigenvalue weighted by molar-refractivity contribution is 0.669. The van der Waals surface area contributed by atoms with E-state index >= 15 is 0 Å². The number of aromatic nitrogens is 3. The number of benzene rings is 11. The first kappa shape index (κ1) is 44.4. The summed E-state index contributed by atoms with van der Waals surface area (Å²) in [6.07, 6.45) is 0. The predicted molar refractivity (Wildman–Crippen MR) is 309 cm³/mol. The maximum Gasteiger partial charge on any atom is 0.179 e. The molecule has 0 amide bonds. The molecule has 0 saturated heterocycles. The molecular formula is C69H47N3OSi. The number of rotatable bonds is 11. The van der Waals surface area contributed by atoms with Crippen molar-refractivity contribution in [3.8, 4) is 78.7 Å². The van der Waals surface area contributed by atoms with E-state index in [1.165, 1.54) is 20.7 Å². The number of hydrogen-bond donors (Lipinski definition) is 0. The van der Waals surface area contributed by atoms with E-state index in [1.54, 1.807) is 0 Å². The largest absolute Gasteiger partial charge is 0.456 e. The lowest BCUT2D eigenvalue weighted by Crippen LogP contribution is -2.74. The molecule has 348 valence electrons. The Balaban J connectivity index is 1.05. The smallest absolute Gasteiger partial charge is 0.179 e. The van der Waals surface area contributed by atoms with Crippen LogP contribution >= 0.6 is 0 Å². The van der Waals surface area contributed by atoms with E-state index < -0.39 is 8.07 Å². The molecule has 0 saturated carbocycles. The van der Waals surface area contributed by atoms with Crippen molar-refractivity contribution in [3.63, 3.8) is 0 Å². The molecule has 74 heavy (non-hydrogen) atoms. The number of fused-ring (bicyclic) bond motifs is 3. The van der Waals surface area contributed by atoms with Gasteiger partial charge in [-0.2, -0.15) is 0 Å². The van der Waals surface area contributed by atoms with Crippen LogP contribution in [0, 0.1) is 0 Å². The van der Waals surface area contributed by atoms with Gasteiger partial charge in [0.1, 0.15) is 11.2 Å². The van der Waals surface area contributed by atoms with Gasteiger partial charge in [0.05, 0.1) is 0 Å². The molecule has 0 spiro atoms. The van der Waals surface area contributed by atoms with Gasteiger partial charge in [0, 0.05) is 27.5 Å². The number of para-hydroxylation sites is 1. The summed E-state index contributed by atoms with van der Waals surface area (Å²) in [5, 5.41) is 7.31. The summed E-state index contributed by atoms with van der Waals surface area (Å²) in [7, 11) is -2.87. The van der Waals surface area contributed by atoms with Crippen LogP contribution in [-0.2, 0) is 0 Å². The fourth-order valence-corrected chi connectivity index (χ4v) is 15.7. The fraction of sp³-hybridized carbons (Fsp3) is 0. The minimum absolute atomic E-state index is 0.579. The molecule has 0 aliphatic carbocycles. The summed E-state index contributed by atoms with van der Waals surface area (Å²) in [6.45, 7) is 0. The average Bonchev–Trinajstić information content (AvgIpc) is 3.88. The Labute approximate surface area is 431 Å². The van der Waals surface area contributed by atoms with Crippen LogP contribution in [-0.4, -0.2) is 23.0 Å². The van der Waals surface area contributed by atoms with Crippen LogP contribution in [0.4, 0.5) is 0 Å². The third-order valence-corrected chi connectivity index (χ3v) is 19.1. The van der Waals surface area contributed by atoms with Crippen molar-refractivity contribution in [1.82, 2.24) is 15.0 Å². The van der Waals surface area contributed by atoms with Gasteiger partial charge in [-0.05, 0) is 95.6 Å². The van der Waals surface area contributed by atoms with Gasteiger partial charge < -0.3 is 4.42 Å². The number of nitrogens with zero attached hydrogens (tertiary/aromatic N) is 3. The van der Waals surface area contributed by atoms with Crippen molar-refractivity contribution < 1.29 is 4.42 Å². The third kappa shape index (κ3) is 8.02. The van der Waals surface area contributed by atoms with Crippen molar-refractivity contribution in [3.05, 3.63) is 285 Å². The van der Waals surface area contributed by atoms with Crippen molar-refractivity contribution in [2.75, 3.05) is 0 Å². The van der Waals surface area contributed by atoms with Gasteiger partial charge in [-0.15, -0.1) is 0 Å². The minimum atomic E-state index is -2.87. The normalized spacial score (nSPS) is 11.5. The van der Waals surface area contributed by atoms with E-state index in [0.717, 1.165) is 83.1 Å². The van der Waals surface area contributed by atoms with Crippen molar-refractivity contribution >= 4 is 50.8 Å². The Morgan fingerprint density at radius 1 is 0.257 bits per heavy atom. The molecular weight excluding hydrogens is 915 g/mol. The minimum Gasteiger partial charge on any atom is -0.456 e. The second-order valence-corrected chi connectivity index (χ2v) is 22.4. The molecule has 13 aromatic rings. The van der Waals surface area contributed by atoms with E-state index in [0.29, 0.717) is 17.5 Å². The first-order valence-electron chi connectivity index (χ1n) is 25.1. The molecule has 4 nitrogen and oxygen atoms in total. The van der Waals surface area contributed by atoms with Gasteiger partial charge in [-0.1, -0.05) is 255 Å². The van der Waals surface area contributed by atoms with Crippen molar-refractivity contribution in [2.24, 2.45) is 0 Å². The van der Waals surface area contributed by atoms with Gasteiger partial charge in [0.25, 0.3) is 0 Å². The monoisotopic (exact) mass is 961 g/mol. The summed E-state index contributed by atoms with van der Waals surface area (Å²) in [4.78, 5) is 15.8. The Bertz CT molecular complexity index is 4010. The van der Waals surface area contributed by atoms with Gasteiger partial charge in [0.2, 0.25) is 0 Å². The molecule has 5 heteroatoms. The Morgan fingerprint density at radius 3 is 1.28 bits per heavy atom. The van der Waals surface area contributed by atoms with E-state index in [9.17, 15) is 0 Å². The molecule has 0 radical (unpaired) electrons. The van der Waals surface area contributed by atoms with E-state index in [1.807, 2.05) is 48.5 Å². The third-order valence-electron chi connectivity index (χ3n) is 14.3. The zero-order valence-electron chi connectivity index (χ0n) is 40.4. The molecule has 0 atom stereocenters. The Kier molecular flexibility index (Phi) is 11.5. The summed E-state index contributed by atoms with van der Waals surface area (Å²) < 4.78 is 6.35. The Morgan fingerprint density at radius 2 is 0.676 bits per heavy atom. The first-order valence-corrected chi connectivity index (χ1v) is 27.1. The summed E-state index contributed by atoms with van der Waals surface area (Å²) in [5.41, 5.74) is 13.3. The Hall–Kier alpha value is -9.55. The van der Waals surface area contributed by atoms with Crippen molar-refractivity contribution in [2.45, 2.75) is 0 Å². The maximum absolute atomic E-state index is 6.35. The predicted octanol–water partition coefficient (Wildman–Crippen LogP) is 14.8. The van der Waals surface area contributed by atoms with Crippen LogP contribution in [0.15, 0.2) is 290 Å². The fourth-order valence-electron chi connectivity index (χ4n) is 10.9. The van der Waals surface area contributed by atoms with Gasteiger partial charge in [-0.25, -0.2) is 15.0 Å². The first-order chi connectivity index (χ1) is 36.7. The quantitative estimate of drug-likeness (QED) is 0.0957. The highest BCUT2D eigenvalue weighted by Gasteiger charge is 2.41. The van der Waals surface area contributed by atoms with Crippen LogP contribution in [0.5, 0.6) is 0 Å².